The molecule has 0 radical (unpaired) electrons. The number of hydrogen-bond donors (Lipinski definition) is 0. The molecule has 2 aromatic carbocycles. The van der Waals surface area contributed by atoms with Crippen molar-refractivity contribution in [1.82, 2.24) is 9.88 Å². The van der Waals surface area contributed by atoms with Crippen molar-refractivity contribution in [3.05, 3.63) is 97.9 Å². The summed E-state index contributed by atoms with van der Waals surface area (Å²) in [6.45, 7) is 2.99. The number of nitrogens with zero attached hydrogens (tertiary/aromatic N) is 3. The Morgan fingerprint density at radius 2 is 1.65 bits per heavy atom. The number of fused-ring (bicyclic) bond motifs is 3. The first kappa shape index (κ1) is 34.8. The Labute approximate surface area is 299 Å². The summed E-state index contributed by atoms with van der Waals surface area (Å²) in [7, 11) is 4.65. The van der Waals surface area contributed by atoms with Crippen molar-refractivity contribution in [3.8, 4) is 17.2 Å². The minimum Gasteiger partial charge on any atom is -0.495 e. The van der Waals surface area contributed by atoms with Crippen molar-refractivity contribution >= 4 is 52.3 Å². The molecule has 2 bridgehead atoms. The molecule has 3 aliphatic rings. The normalized spacial score (nSPS) is 18.8. The number of thiophene rings is 1. The molecule has 4 aromatic rings. The molecule has 2 aromatic heterocycles. The Bertz CT molecular complexity index is 1780. The molecule has 2 atom stereocenters. The van der Waals surface area contributed by atoms with Gasteiger partial charge in [0.2, 0.25) is 0 Å². The Hall–Kier alpha value is -4.03. The van der Waals surface area contributed by atoms with Gasteiger partial charge in [0.15, 0.2) is 11.5 Å². The second-order valence-corrected chi connectivity index (χ2v) is 13.9. The van der Waals surface area contributed by atoms with Gasteiger partial charge < -0.3 is 23.7 Å². The fourth-order valence-electron chi connectivity index (χ4n) is 6.35. The predicted octanol–water partition coefficient (Wildman–Crippen LogP) is 7.85. The molecule has 0 N–H and O–H groups in total. The highest BCUT2D eigenvalue weighted by Gasteiger charge is 2.38. The van der Waals surface area contributed by atoms with Crippen LogP contribution < -0.4 is 19.1 Å². The zero-order valence-corrected chi connectivity index (χ0v) is 29.7. The maximum atomic E-state index is 13.8. The fraction of sp³-hybridized carbons (Fsp3) is 0.361. The molecule has 0 saturated carbocycles. The minimum absolute atomic E-state index is 0.166. The molecule has 49 heavy (non-hydrogen) atoms. The number of piperidine rings is 3. The van der Waals surface area contributed by atoms with Gasteiger partial charge in [-0.15, -0.1) is 11.3 Å². The second-order valence-electron chi connectivity index (χ2n) is 11.9. The number of methoxy groups -OCH3 is 3. The summed E-state index contributed by atoms with van der Waals surface area (Å²) >= 11 is 14.2. The van der Waals surface area contributed by atoms with Gasteiger partial charge in [0.05, 0.1) is 43.6 Å². The SMILES string of the molecule is COc1ccc([C@H](Cc2c(Cl)cncc2Cl)OC(=O)c2ccc(CN(C(=O)O[C@H]3CN4CCC3CC4)c3ccccc3OC)s2)cc1OC. The van der Waals surface area contributed by atoms with E-state index in [0.29, 0.717) is 54.9 Å². The summed E-state index contributed by atoms with van der Waals surface area (Å²) in [5.41, 5.74) is 1.82. The summed E-state index contributed by atoms with van der Waals surface area (Å²) in [6.07, 6.45) is 3.81. The van der Waals surface area contributed by atoms with Gasteiger partial charge >= 0.3 is 12.1 Å². The summed E-state index contributed by atoms with van der Waals surface area (Å²) < 4.78 is 28.8. The minimum atomic E-state index is -0.781. The van der Waals surface area contributed by atoms with Gasteiger partial charge in [0.25, 0.3) is 0 Å². The van der Waals surface area contributed by atoms with E-state index >= 15 is 0 Å². The van der Waals surface area contributed by atoms with Crippen LogP contribution in [0.1, 0.15) is 44.6 Å². The molecule has 258 valence electrons. The van der Waals surface area contributed by atoms with E-state index in [1.54, 1.807) is 49.5 Å². The number of para-hydroxylation sites is 2. The average molecular weight is 727 g/mol. The maximum Gasteiger partial charge on any atom is 0.415 e. The Morgan fingerprint density at radius 3 is 2.33 bits per heavy atom. The highest BCUT2D eigenvalue weighted by atomic mass is 35.5. The Morgan fingerprint density at radius 1 is 0.939 bits per heavy atom. The molecule has 1 amide bonds. The van der Waals surface area contributed by atoms with Crippen LogP contribution in [0.15, 0.2) is 67.0 Å². The van der Waals surface area contributed by atoms with Gasteiger partial charge in [-0.1, -0.05) is 41.4 Å². The number of rotatable bonds is 12. The quantitative estimate of drug-likeness (QED) is 0.135. The maximum absolute atomic E-state index is 13.8. The fourth-order valence-corrected chi connectivity index (χ4v) is 7.75. The number of esters is 1. The average Bonchev–Trinajstić information content (AvgIpc) is 3.61. The van der Waals surface area contributed by atoms with Crippen LogP contribution in [-0.4, -0.2) is 69.0 Å². The smallest absolute Gasteiger partial charge is 0.415 e. The first-order chi connectivity index (χ1) is 23.8. The monoisotopic (exact) mass is 725 g/mol. The van der Waals surface area contributed by atoms with Crippen LogP contribution in [0.5, 0.6) is 17.2 Å². The van der Waals surface area contributed by atoms with E-state index in [-0.39, 0.29) is 19.1 Å². The van der Waals surface area contributed by atoms with E-state index in [0.717, 1.165) is 37.4 Å². The summed E-state index contributed by atoms with van der Waals surface area (Å²) in [6, 6.07) is 16.1. The molecule has 5 heterocycles. The first-order valence-electron chi connectivity index (χ1n) is 15.9. The largest absolute Gasteiger partial charge is 0.495 e. The van der Waals surface area contributed by atoms with Crippen LogP contribution in [0.4, 0.5) is 10.5 Å². The van der Waals surface area contributed by atoms with Gasteiger partial charge in [0.1, 0.15) is 22.8 Å². The van der Waals surface area contributed by atoms with Crippen LogP contribution >= 0.6 is 34.5 Å². The lowest BCUT2D eigenvalue weighted by Crippen LogP contribution is -2.53. The number of anilines is 1. The Balaban J connectivity index is 1.24. The van der Waals surface area contributed by atoms with Crippen LogP contribution in [0.25, 0.3) is 0 Å². The summed E-state index contributed by atoms with van der Waals surface area (Å²) in [5.74, 6) is 1.36. The van der Waals surface area contributed by atoms with Crippen molar-refractivity contribution in [3.63, 3.8) is 0 Å². The molecular formula is C36H37Cl2N3O7S. The second kappa shape index (κ2) is 15.7. The lowest BCUT2D eigenvalue weighted by Gasteiger charge is -2.44. The van der Waals surface area contributed by atoms with Crippen molar-refractivity contribution < 1.29 is 33.3 Å². The van der Waals surface area contributed by atoms with E-state index in [4.69, 9.17) is 46.9 Å². The van der Waals surface area contributed by atoms with Crippen molar-refractivity contribution in [2.45, 2.75) is 38.0 Å². The van der Waals surface area contributed by atoms with Crippen LogP contribution in [0, 0.1) is 5.92 Å². The number of pyridine rings is 1. The lowest BCUT2D eigenvalue weighted by molar-refractivity contribution is -0.0311. The number of aromatic nitrogens is 1. The molecule has 3 aliphatic heterocycles. The molecule has 7 rings (SSSR count). The molecule has 13 heteroatoms. The van der Waals surface area contributed by atoms with Crippen molar-refractivity contribution in [2.75, 3.05) is 45.9 Å². The van der Waals surface area contributed by atoms with Gasteiger partial charge in [0, 0.05) is 30.2 Å². The molecular weight excluding hydrogens is 689 g/mol. The first-order valence-corrected chi connectivity index (χ1v) is 17.5. The molecule has 0 unspecified atom stereocenters. The van der Waals surface area contributed by atoms with Crippen molar-refractivity contribution in [1.29, 1.82) is 0 Å². The molecule has 10 nitrogen and oxygen atoms in total. The van der Waals surface area contributed by atoms with E-state index in [9.17, 15) is 9.59 Å². The number of carbonyl (C=O) groups is 2. The number of amides is 1. The molecule has 3 saturated heterocycles. The zero-order chi connectivity index (χ0) is 34.5. The zero-order valence-electron chi connectivity index (χ0n) is 27.4. The van der Waals surface area contributed by atoms with Gasteiger partial charge in [-0.25, -0.2) is 9.59 Å². The molecule has 0 aliphatic carbocycles. The van der Waals surface area contributed by atoms with E-state index in [1.165, 1.54) is 30.8 Å². The van der Waals surface area contributed by atoms with E-state index in [1.807, 2.05) is 24.3 Å². The summed E-state index contributed by atoms with van der Waals surface area (Å²) in [4.78, 5) is 36.6. The van der Waals surface area contributed by atoms with Gasteiger partial charge in [-0.3, -0.25) is 14.8 Å². The summed E-state index contributed by atoms with van der Waals surface area (Å²) in [5, 5.41) is 0.711. The third-order valence-corrected chi connectivity index (χ3v) is 10.7. The van der Waals surface area contributed by atoms with E-state index in [2.05, 4.69) is 9.88 Å². The topological polar surface area (TPSA) is 99.7 Å². The number of halogens is 2. The van der Waals surface area contributed by atoms with Crippen LogP contribution in [0.2, 0.25) is 10.0 Å². The Kier molecular flexibility index (Phi) is 11.1. The number of carbonyl (C=O) groups excluding carboxylic acids is 2. The standard InChI is InChI=1S/C36H37Cl2N3O7S/c1-44-29-7-5-4-6-28(29)41(36(43)48-33-21-40-14-12-22(33)13-15-40)20-24-9-11-34(49-24)35(42)47-31(17-25-26(37)18-39-19-27(25)38)23-8-10-30(45-2)32(16-23)46-3/h4-11,16,18-19,22,31,33H,12-15,17,20-21H2,1-3H3/t31-,33-/m0/s1. The third-order valence-electron chi connectivity index (χ3n) is 8.99. The predicted molar refractivity (Wildman–Crippen MR) is 189 cm³/mol. The van der Waals surface area contributed by atoms with Gasteiger partial charge in [-0.2, -0.15) is 0 Å². The number of benzene rings is 2. The number of ether oxygens (including phenoxy) is 5. The molecule has 0 spiro atoms. The lowest BCUT2D eigenvalue weighted by atomic mass is 9.86. The van der Waals surface area contributed by atoms with Crippen molar-refractivity contribution in [2.24, 2.45) is 5.92 Å². The number of hydrogen-bond acceptors (Lipinski definition) is 10. The van der Waals surface area contributed by atoms with Crippen LogP contribution in [0.3, 0.4) is 0 Å². The third kappa shape index (κ3) is 7.91. The van der Waals surface area contributed by atoms with E-state index < -0.39 is 18.2 Å². The molecule has 3 fully saturated rings. The van der Waals surface area contributed by atoms with Crippen LogP contribution in [-0.2, 0) is 22.4 Å². The highest BCUT2D eigenvalue weighted by Crippen LogP contribution is 2.37. The highest BCUT2D eigenvalue weighted by molar-refractivity contribution is 7.14. The van der Waals surface area contributed by atoms with Gasteiger partial charge in [-0.05, 0) is 79.4 Å².